The molecule has 0 aliphatic rings. The second-order valence-electron chi connectivity index (χ2n) is 6.21. The van der Waals surface area contributed by atoms with E-state index in [1.54, 1.807) is 29.9 Å². The lowest BCUT2D eigenvalue weighted by Gasteiger charge is -2.15. The molecule has 0 radical (unpaired) electrons. The number of ether oxygens (including phenoxy) is 2. The SMILES string of the molecule is COc1ccc(OC)c(-n2c(SCC#N)nc3c(sc(=S)n3-c3ccccc3)c2=O)c1. The molecule has 0 bridgehead atoms. The van der Waals surface area contributed by atoms with Crippen molar-refractivity contribution >= 4 is 45.7 Å². The van der Waals surface area contributed by atoms with Crippen molar-refractivity contribution in [3.05, 3.63) is 62.8 Å². The molecule has 0 unspecified atom stereocenters. The molecule has 0 amide bonds. The molecule has 2 aromatic heterocycles. The van der Waals surface area contributed by atoms with Crippen LogP contribution in [-0.2, 0) is 0 Å². The van der Waals surface area contributed by atoms with Crippen LogP contribution in [0.5, 0.6) is 11.5 Å². The Labute approximate surface area is 191 Å². The van der Waals surface area contributed by atoms with Gasteiger partial charge < -0.3 is 9.47 Å². The number of thioether (sulfide) groups is 1. The maximum absolute atomic E-state index is 13.7. The van der Waals surface area contributed by atoms with Gasteiger partial charge in [0, 0.05) is 11.8 Å². The number of rotatable bonds is 6. The molecule has 10 heteroatoms. The highest BCUT2D eigenvalue weighted by Gasteiger charge is 2.21. The Kier molecular flexibility index (Phi) is 6.08. The fraction of sp³-hybridized carbons (Fsp3) is 0.143. The van der Waals surface area contributed by atoms with Gasteiger partial charge in [0.15, 0.2) is 14.8 Å². The van der Waals surface area contributed by atoms with E-state index in [-0.39, 0.29) is 11.3 Å². The second kappa shape index (κ2) is 8.93. The van der Waals surface area contributed by atoms with Crippen molar-refractivity contribution in [2.45, 2.75) is 5.16 Å². The molecule has 2 heterocycles. The van der Waals surface area contributed by atoms with Crippen LogP contribution in [0.15, 0.2) is 58.5 Å². The summed E-state index contributed by atoms with van der Waals surface area (Å²) in [7, 11) is 3.08. The number of aromatic nitrogens is 3. The first-order valence-electron chi connectivity index (χ1n) is 9.05. The average Bonchev–Trinajstić information content (AvgIpc) is 3.14. The molecule has 0 saturated carbocycles. The van der Waals surface area contributed by atoms with E-state index >= 15 is 0 Å². The van der Waals surface area contributed by atoms with Crippen LogP contribution in [0.25, 0.3) is 21.7 Å². The summed E-state index contributed by atoms with van der Waals surface area (Å²) < 4.78 is 15.0. The molecular weight excluding hydrogens is 452 g/mol. The maximum Gasteiger partial charge on any atom is 0.278 e. The Hall–Kier alpha value is -3.13. The molecule has 4 rings (SSSR count). The lowest BCUT2D eigenvalue weighted by molar-refractivity contribution is 0.400. The van der Waals surface area contributed by atoms with Crippen LogP contribution in [0.3, 0.4) is 0 Å². The number of nitriles is 1. The molecule has 0 spiro atoms. The normalized spacial score (nSPS) is 10.7. The zero-order valence-electron chi connectivity index (χ0n) is 16.6. The minimum atomic E-state index is -0.289. The topological polar surface area (TPSA) is 82.1 Å². The standard InChI is InChI=1S/C21H16N4O3S3/c1-27-14-8-9-16(28-2)15(12-14)25-19(26)17-18(23-20(25)30-11-10-22)24(21(29)31-17)13-6-4-3-5-7-13/h3-9,12H,11H2,1-2H3. The highest BCUT2D eigenvalue weighted by molar-refractivity contribution is 7.99. The van der Waals surface area contributed by atoms with Crippen LogP contribution in [-0.4, -0.2) is 34.1 Å². The third-order valence-corrected chi connectivity index (χ3v) is 6.64. The van der Waals surface area contributed by atoms with Crippen molar-refractivity contribution in [3.63, 3.8) is 0 Å². The molecule has 0 N–H and O–H groups in total. The van der Waals surface area contributed by atoms with Gasteiger partial charge in [0.1, 0.15) is 16.2 Å². The highest BCUT2D eigenvalue weighted by atomic mass is 32.2. The minimum absolute atomic E-state index is 0.125. The van der Waals surface area contributed by atoms with Crippen molar-refractivity contribution < 1.29 is 9.47 Å². The molecule has 0 fully saturated rings. The smallest absolute Gasteiger partial charge is 0.278 e. The molecule has 2 aromatic carbocycles. The average molecular weight is 469 g/mol. The number of fused-ring (bicyclic) bond motifs is 1. The van der Waals surface area contributed by atoms with Crippen LogP contribution in [0, 0.1) is 15.3 Å². The van der Waals surface area contributed by atoms with Gasteiger partial charge in [-0.2, -0.15) is 5.26 Å². The van der Waals surface area contributed by atoms with Gasteiger partial charge in [0.25, 0.3) is 5.56 Å². The Morgan fingerprint density at radius 3 is 2.61 bits per heavy atom. The molecule has 0 atom stereocenters. The first-order chi connectivity index (χ1) is 15.1. The quantitative estimate of drug-likeness (QED) is 0.232. The van der Waals surface area contributed by atoms with Gasteiger partial charge in [-0.1, -0.05) is 41.3 Å². The predicted octanol–water partition coefficient (Wildman–Crippen LogP) is 4.60. The van der Waals surface area contributed by atoms with Gasteiger partial charge in [-0.3, -0.25) is 13.9 Å². The Morgan fingerprint density at radius 1 is 1.16 bits per heavy atom. The van der Waals surface area contributed by atoms with Gasteiger partial charge in [-0.15, -0.1) is 0 Å². The summed E-state index contributed by atoms with van der Waals surface area (Å²) in [6.45, 7) is 0. The van der Waals surface area contributed by atoms with Crippen molar-refractivity contribution in [1.82, 2.24) is 14.1 Å². The number of nitrogens with zero attached hydrogens (tertiary/aromatic N) is 4. The Bertz CT molecular complexity index is 1420. The minimum Gasteiger partial charge on any atom is -0.497 e. The van der Waals surface area contributed by atoms with E-state index in [0.29, 0.717) is 36.6 Å². The summed E-state index contributed by atoms with van der Waals surface area (Å²) in [5.74, 6) is 1.17. The van der Waals surface area contributed by atoms with Gasteiger partial charge >= 0.3 is 0 Å². The zero-order chi connectivity index (χ0) is 22.0. The van der Waals surface area contributed by atoms with Crippen molar-refractivity contribution in [2.24, 2.45) is 0 Å². The molecule has 0 aliphatic heterocycles. The van der Waals surface area contributed by atoms with E-state index in [2.05, 4.69) is 6.07 Å². The lowest BCUT2D eigenvalue weighted by Crippen LogP contribution is -2.22. The van der Waals surface area contributed by atoms with E-state index in [4.69, 9.17) is 31.9 Å². The molecule has 0 saturated heterocycles. The van der Waals surface area contributed by atoms with Crippen molar-refractivity contribution in [1.29, 1.82) is 5.26 Å². The van der Waals surface area contributed by atoms with Gasteiger partial charge in [0.05, 0.1) is 31.7 Å². The monoisotopic (exact) mass is 468 g/mol. The summed E-state index contributed by atoms with van der Waals surface area (Å²) in [5.41, 5.74) is 1.47. The summed E-state index contributed by atoms with van der Waals surface area (Å²) in [6.07, 6.45) is 0. The molecule has 7 nitrogen and oxygen atoms in total. The largest absolute Gasteiger partial charge is 0.497 e. The fourth-order valence-electron chi connectivity index (χ4n) is 3.12. The molecular formula is C21H16N4O3S3. The lowest BCUT2D eigenvalue weighted by atomic mass is 10.2. The third-order valence-electron chi connectivity index (χ3n) is 4.48. The van der Waals surface area contributed by atoms with E-state index < -0.39 is 0 Å². The van der Waals surface area contributed by atoms with Crippen LogP contribution in [0.4, 0.5) is 0 Å². The van der Waals surface area contributed by atoms with Crippen LogP contribution in [0.1, 0.15) is 0 Å². The number of hydrogen-bond donors (Lipinski definition) is 0. The Balaban J connectivity index is 2.08. The fourth-order valence-corrected chi connectivity index (χ4v) is 5.08. The van der Waals surface area contributed by atoms with Gasteiger partial charge in [-0.05, 0) is 36.5 Å². The number of methoxy groups -OCH3 is 2. The molecule has 0 aliphatic carbocycles. The molecule has 4 aromatic rings. The number of benzene rings is 2. The van der Waals surface area contributed by atoms with Crippen LogP contribution >= 0.6 is 35.3 Å². The number of para-hydroxylation sites is 1. The van der Waals surface area contributed by atoms with E-state index in [1.807, 2.05) is 30.3 Å². The first-order valence-corrected chi connectivity index (χ1v) is 11.3. The summed E-state index contributed by atoms with van der Waals surface area (Å²) in [5, 5.41) is 9.50. The summed E-state index contributed by atoms with van der Waals surface area (Å²) in [4.78, 5) is 18.4. The summed E-state index contributed by atoms with van der Waals surface area (Å²) in [6, 6.07) is 16.8. The summed E-state index contributed by atoms with van der Waals surface area (Å²) >= 11 is 7.93. The van der Waals surface area contributed by atoms with E-state index in [1.165, 1.54) is 34.8 Å². The van der Waals surface area contributed by atoms with Gasteiger partial charge in [-0.25, -0.2) is 4.98 Å². The van der Waals surface area contributed by atoms with Crippen LogP contribution in [0.2, 0.25) is 0 Å². The Morgan fingerprint density at radius 2 is 1.94 bits per heavy atom. The van der Waals surface area contributed by atoms with Crippen molar-refractivity contribution in [2.75, 3.05) is 20.0 Å². The van der Waals surface area contributed by atoms with Crippen molar-refractivity contribution in [3.8, 4) is 28.9 Å². The van der Waals surface area contributed by atoms with E-state index in [0.717, 1.165) is 5.69 Å². The molecule has 31 heavy (non-hydrogen) atoms. The van der Waals surface area contributed by atoms with Gasteiger partial charge in [0.2, 0.25) is 0 Å². The highest BCUT2D eigenvalue weighted by Crippen LogP contribution is 2.32. The van der Waals surface area contributed by atoms with Crippen LogP contribution < -0.4 is 15.0 Å². The number of hydrogen-bond acceptors (Lipinski definition) is 8. The maximum atomic E-state index is 13.7. The number of thiazole rings is 1. The second-order valence-corrected chi connectivity index (χ2v) is 8.80. The first kappa shape index (κ1) is 21.1. The zero-order valence-corrected chi connectivity index (χ0v) is 19.0. The third kappa shape index (κ3) is 3.83. The predicted molar refractivity (Wildman–Crippen MR) is 125 cm³/mol. The molecule has 156 valence electrons. The van der Waals surface area contributed by atoms with E-state index in [9.17, 15) is 4.79 Å².